The molecule has 0 aliphatic heterocycles. The van der Waals surface area contributed by atoms with Gasteiger partial charge >= 0.3 is 0 Å². The van der Waals surface area contributed by atoms with Crippen molar-refractivity contribution < 1.29 is 0 Å². The quantitative estimate of drug-likeness (QED) is 0.178. The summed E-state index contributed by atoms with van der Waals surface area (Å²) < 4.78 is 1.58. The fourth-order valence-corrected chi connectivity index (χ4v) is 6.41. The molecule has 0 spiro atoms. The van der Waals surface area contributed by atoms with Crippen LogP contribution >= 0.6 is 0 Å². The van der Waals surface area contributed by atoms with Crippen LogP contribution in [-0.2, 0) is 25.7 Å². The number of nitrogens with two attached hydrogens (primary N) is 1. The molecule has 2 aliphatic carbocycles. The number of rotatable bonds is 9. The zero-order valence-electron chi connectivity index (χ0n) is 24.9. The molecular formula is C34H42N8. The Kier molecular flexibility index (Phi) is 8.60. The predicted octanol–water partition coefficient (Wildman–Crippen LogP) is 6.46. The summed E-state index contributed by atoms with van der Waals surface area (Å²) in [5.74, 6) is 1.33. The molecule has 0 bridgehead atoms. The van der Waals surface area contributed by atoms with Gasteiger partial charge in [-0.25, -0.2) is 0 Å². The molecule has 8 heteroatoms. The van der Waals surface area contributed by atoms with E-state index in [1.807, 2.05) is 0 Å². The molecule has 218 valence electrons. The lowest BCUT2D eigenvalue weighted by Gasteiger charge is -2.30. The van der Waals surface area contributed by atoms with Crippen molar-refractivity contribution in [1.82, 2.24) is 29.9 Å². The number of anilines is 3. The summed E-state index contributed by atoms with van der Waals surface area (Å²) in [6.07, 6.45) is 14.6. The summed E-state index contributed by atoms with van der Waals surface area (Å²) in [5, 5.41) is 17.2. The average molecular weight is 563 g/mol. The van der Waals surface area contributed by atoms with E-state index in [-0.39, 0.29) is 5.95 Å². The molecule has 0 saturated heterocycles. The molecule has 2 aliphatic rings. The fourth-order valence-electron chi connectivity index (χ4n) is 6.41. The van der Waals surface area contributed by atoms with Crippen LogP contribution in [0.1, 0.15) is 68.2 Å². The number of hydrogen-bond acceptors (Lipinski definition) is 7. The topological polar surface area (TPSA) is 97.8 Å². The summed E-state index contributed by atoms with van der Waals surface area (Å²) in [5.41, 5.74) is 14.8. The number of nitrogen functional groups attached to an aromatic ring is 1. The molecule has 2 aromatic heterocycles. The van der Waals surface area contributed by atoms with Gasteiger partial charge in [-0.3, -0.25) is 4.90 Å². The second-order valence-electron chi connectivity index (χ2n) is 11.5. The van der Waals surface area contributed by atoms with Crippen LogP contribution in [0.25, 0.3) is 17.1 Å². The number of hydrogen-bond donors (Lipinski definition) is 2. The number of fused-ring (bicyclic) bond motifs is 4. The fraction of sp³-hybridized carbons (Fsp3) is 0.412. The van der Waals surface area contributed by atoms with Crippen LogP contribution in [0.15, 0.2) is 60.7 Å². The average Bonchev–Trinajstić information content (AvgIpc) is 3.15. The Labute approximate surface area is 249 Å². The van der Waals surface area contributed by atoms with Gasteiger partial charge in [0, 0.05) is 23.8 Å². The van der Waals surface area contributed by atoms with E-state index >= 15 is 0 Å². The minimum Gasteiger partial charge on any atom is -0.368 e. The smallest absolute Gasteiger partial charge is 0.248 e. The number of benzene rings is 2. The summed E-state index contributed by atoms with van der Waals surface area (Å²) in [6, 6.07) is 17.8. The maximum absolute atomic E-state index is 6.33. The summed E-state index contributed by atoms with van der Waals surface area (Å²) in [7, 11) is 0. The van der Waals surface area contributed by atoms with Crippen molar-refractivity contribution >= 4 is 17.6 Å². The van der Waals surface area contributed by atoms with Crippen LogP contribution in [0, 0.1) is 0 Å². The van der Waals surface area contributed by atoms with Crippen LogP contribution in [0.3, 0.4) is 0 Å². The number of unbranched alkanes of at least 4 members (excludes halogenated alkanes) is 1. The van der Waals surface area contributed by atoms with Gasteiger partial charge in [0.2, 0.25) is 11.9 Å². The van der Waals surface area contributed by atoms with Gasteiger partial charge in [-0.1, -0.05) is 55.8 Å². The molecule has 0 saturated carbocycles. The van der Waals surface area contributed by atoms with E-state index in [4.69, 9.17) is 5.73 Å². The van der Waals surface area contributed by atoms with Crippen molar-refractivity contribution in [3.63, 3.8) is 0 Å². The Morgan fingerprint density at radius 2 is 1.81 bits per heavy atom. The Bertz CT molecular complexity index is 1560. The molecule has 6 rings (SSSR count). The Hall–Kier alpha value is -4.04. The van der Waals surface area contributed by atoms with Crippen molar-refractivity contribution in [2.75, 3.05) is 24.1 Å². The van der Waals surface area contributed by atoms with Gasteiger partial charge in [-0.05, 0) is 105 Å². The minimum atomic E-state index is 0.284. The molecule has 0 amide bonds. The highest BCUT2D eigenvalue weighted by Gasteiger charge is 2.22. The van der Waals surface area contributed by atoms with Gasteiger partial charge in [-0.15, -0.1) is 15.3 Å². The lowest BCUT2D eigenvalue weighted by atomic mass is 10.0. The number of nitrogens with one attached hydrogen (secondary N) is 1. The maximum Gasteiger partial charge on any atom is 0.248 e. The molecule has 0 fully saturated rings. The van der Waals surface area contributed by atoms with Gasteiger partial charge in [0.05, 0.1) is 5.69 Å². The Morgan fingerprint density at radius 3 is 2.67 bits per heavy atom. The van der Waals surface area contributed by atoms with Crippen LogP contribution in [0.2, 0.25) is 0 Å². The highest BCUT2D eigenvalue weighted by Crippen LogP contribution is 2.32. The highest BCUT2D eigenvalue weighted by atomic mass is 15.4. The SMILES string of the molecule is C/C=C/CN(CCCC)[C@@H]1CCc2ccc(Nc3nc(N)n(-c4cc5c(nn4)-c4ccccc4CCC5)n3)cc2CC1. The van der Waals surface area contributed by atoms with Crippen LogP contribution in [0.5, 0.6) is 0 Å². The normalized spacial score (nSPS) is 16.5. The first-order valence-corrected chi connectivity index (χ1v) is 15.5. The number of nitrogens with zero attached hydrogens (tertiary/aromatic N) is 6. The molecule has 42 heavy (non-hydrogen) atoms. The maximum atomic E-state index is 6.33. The molecule has 2 aromatic carbocycles. The van der Waals surface area contributed by atoms with E-state index in [0.29, 0.717) is 17.8 Å². The lowest BCUT2D eigenvalue weighted by molar-refractivity contribution is 0.196. The second-order valence-corrected chi connectivity index (χ2v) is 11.5. The first-order valence-electron chi connectivity index (χ1n) is 15.5. The molecule has 3 N–H and O–H groups in total. The molecular weight excluding hydrogens is 520 g/mol. The number of aromatic nitrogens is 5. The zero-order chi connectivity index (χ0) is 28.9. The molecule has 2 heterocycles. The van der Waals surface area contributed by atoms with E-state index in [0.717, 1.165) is 55.6 Å². The van der Waals surface area contributed by atoms with Crippen LogP contribution < -0.4 is 11.1 Å². The van der Waals surface area contributed by atoms with E-state index < -0.39 is 0 Å². The molecule has 8 nitrogen and oxygen atoms in total. The molecule has 0 radical (unpaired) electrons. The summed E-state index contributed by atoms with van der Waals surface area (Å²) in [6.45, 7) is 6.60. The monoisotopic (exact) mass is 562 g/mol. The van der Waals surface area contributed by atoms with E-state index in [9.17, 15) is 0 Å². The number of allylic oxidation sites excluding steroid dienone is 1. The molecule has 1 atom stereocenters. The highest BCUT2D eigenvalue weighted by molar-refractivity contribution is 5.68. The standard InChI is InChI=1S/C34H42N8/c1-3-5-20-41(21-6-4-2)29-18-15-24-14-17-28(22-26(24)16-19-29)36-34-37-33(35)42(40-34)31-23-27-12-9-11-25-10-7-8-13-30(25)32(27)39-38-31/h3,5,7-8,10,13-14,17,22-23,29H,4,6,9,11-12,15-16,18-21H2,1-2H3,(H3,35,36,37,40)/b5-3+/t29-/m1/s1. The van der Waals surface area contributed by atoms with Crippen LogP contribution in [-0.4, -0.2) is 49.0 Å². The first-order chi connectivity index (χ1) is 20.6. The van der Waals surface area contributed by atoms with Crippen molar-refractivity contribution in [3.05, 3.63) is 82.9 Å². The minimum absolute atomic E-state index is 0.284. The van der Waals surface area contributed by atoms with Gasteiger partial charge in [-0.2, -0.15) is 9.67 Å². The van der Waals surface area contributed by atoms with E-state index in [1.165, 1.54) is 54.5 Å². The first kappa shape index (κ1) is 28.1. The summed E-state index contributed by atoms with van der Waals surface area (Å²) in [4.78, 5) is 7.19. The van der Waals surface area contributed by atoms with Gasteiger partial charge in [0.15, 0.2) is 5.82 Å². The largest absolute Gasteiger partial charge is 0.368 e. The summed E-state index contributed by atoms with van der Waals surface area (Å²) >= 11 is 0. The van der Waals surface area contributed by atoms with Crippen molar-refractivity contribution in [2.45, 2.75) is 77.7 Å². The van der Waals surface area contributed by atoms with Crippen molar-refractivity contribution in [2.24, 2.45) is 0 Å². The van der Waals surface area contributed by atoms with Crippen LogP contribution in [0.4, 0.5) is 17.6 Å². The third-order valence-corrected chi connectivity index (χ3v) is 8.72. The van der Waals surface area contributed by atoms with Gasteiger partial charge < -0.3 is 11.1 Å². The lowest BCUT2D eigenvalue weighted by Crippen LogP contribution is -2.36. The van der Waals surface area contributed by atoms with Crippen molar-refractivity contribution in [3.8, 4) is 17.1 Å². The van der Waals surface area contributed by atoms with E-state index in [1.54, 1.807) is 4.68 Å². The second kappa shape index (κ2) is 12.9. The molecule has 4 aromatic rings. The molecule has 0 unspecified atom stereocenters. The van der Waals surface area contributed by atoms with Gasteiger partial charge in [0.1, 0.15) is 0 Å². The number of aryl methyl sites for hydroxylation is 4. The Balaban J connectivity index is 1.17. The third kappa shape index (κ3) is 6.09. The van der Waals surface area contributed by atoms with Gasteiger partial charge in [0.25, 0.3) is 0 Å². The Morgan fingerprint density at radius 1 is 0.976 bits per heavy atom. The zero-order valence-corrected chi connectivity index (χ0v) is 24.9. The predicted molar refractivity (Wildman–Crippen MR) is 170 cm³/mol. The third-order valence-electron chi connectivity index (χ3n) is 8.72. The van der Waals surface area contributed by atoms with Crippen molar-refractivity contribution in [1.29, 1.82) is 0 Å². The van der Waals surface area contributed by atoms with E-state index in [2.05, 4.69) is 105 Å².